The fraction of sp³-hybridized carbons (Fsp3) is 0.444. The number of aryl methyl sites for hydroxylation is 1. The summed E-state index contributed by atoms with van der Waals surface area (Å²) in [5.41, 5.74) is 1.31. The van der Waals surface area contributed by atoms with Crippen LogP contribution < -0.4 is 4.74 Å². The molecule has 0 N–H and O–H groups in total. The van der Waals surface area contributed by atoms with E-state index in [4.69, 9.17) is 0 Å². The standard InChI is InChI=1S/C9H9F3NO/c1-6-3-4-13-8(7(6)2)14-5-9(10,11)12/h4H,5H2,1-2H3. The van der Waals surface area contributed by atoms with Crippen molar-refractivity contribution in [2.24, 2.45) is 0 Å². The lowest BCUT2D eigenvalue weighted by molar-refractivity contribution is -0.154. The van der Waals surface area contributed by atoms with E-state index in [2.05, 4.69) is 15.8 Å². The predicted octanol–water partition coefficient (Wildman–Crippen LogP) is 2.44. The highest BCUT2D eigenvalue weighted by Crippen LogP contribution is 2.20. The number of pyridine rings is 1. The van der Waals surface area contributed by atoms with E-state index in [0.29, 0.717) is 5.56 Å². The fourth-order valence-electron chi connectivity index (χ4n) is 0.849. The van der Waals surface area contributed by atoms with Crippen molar-refractivity contribution in [3.8, 4) is 5.88 Å². The van der Waals surface area contributed by atoms with Crippen LogP contribution in [0.3, 0.4) is 0 Å². The molecule has 0 aliphatic rings. The molecule has 0 aliphatic heterocycles. The summed E-state index contributed by atoms with van der Waals surface area (Å²) in [7, 11) is 0. The maximum atomic E-state index is 11.8. The van der Waals surface area contributed by atoms with E-state index in [9.17, 15) is 13.2 Å². The summed E-state index contributed by atoms with van der Waals surface area (Å²) in [5, 5.41) is 0. The van der Waals surface area contributed by atoms with E-state index >= 15 is 0 Å². The van der Waals surface area contributed by atoms with Gasteiger partial charge in [0.25, 0.3) is 0 Å². The summed E-state index contributed by atoms with van der Waals surface area (Å²) >= 11 is 0. The maximum absolute atomic E-state index is 11.8. The Morgan fingerprint density at radius 3 is 2.64 bits per heavy atom. The molecule has 1 radical (unpaired) electrons. The van der Waals surface area contributed by atoms with Crippen LogP contribution in [0.2, 0.25) is 0 Å². The van der Waals surface area contributed by atoms with Gasteiger partial charge in [-0.15, -0.1) is 0 Å². The molecule has 0 aromatic carbocycles. The lowest BCUT2D eigenvalue weighted by Gasteiger charge is -2.10. The Hall–Kier alpha value is -1.26. The van der Waals surface area contributed by atoms with E-state index < -0.39 is 12.8 Å². The summed E-state index contributed by atoms with van der Waals surface area (Å²) in [6, 6.07) is 2.76. The number of rotatable bonds is 2. The average molecular weight is 204 g/mol. The molecule has 2 nitrogen and oxygen atoms in total. The minimum atomic E-state index is -4.33. The van der Waals surface area contributed by atoms with Gasteiger partial charge in [-0.05, 0) is 19.4 Å². The molecule has 1 aromatic rings. The molecule has 1 aromatic heterocycles. The van der Waals surface area contributed by atoms with Crippen molar-refractivity contribution in [1.29, 1.82) is 0 Å². The first-order chi connectivity index (χ1) is 6.40. The van der Waals surface area contributed by atoms with Crippen molar-refractivity contribution in [3.63, 3.8) is 0 Å². The van der Waals surface area contributed by atoms with Crippen LogP contribution in [0.4, 0.5) is 13.2 Å². The Kier molecular flexibility index (Phi) is 2.98. The van der Waals surface area contributed by atoms with Crippen molar-refractivity contribution in [2.45, 2.75) is 20.0 Å². The number of hydrogen-bond donors (Lipinski definition) is 0. The highest BCUT2D eigenvalue weighted by atomic mass is 19.4. The normalized spacial score (nSPS) is 11.5. The quantitative estimate of drug-likeness (QED) is 0.738. The van der Waals surface area contributed by atoms with Gasteiger partial charge in [-0.25, -0.2) is 4.98 Å². The average Bonchev–Trinajstić information content (AvgIpc) is 2.06. The van der Waals surface area contributed by atoms with Crippen LogP contribution in [0.15, 0.2) is 6.20 Å². The molecule has 0 spiro atoms. The Balaban J connectivity index is 2.73. The van der Waals surface area contributed by atoms with Crippen LogP contribution in [0.5, 0.6) is 5.88 Å². The highest BCUT2D eigenvalue weighted by molar-refractivity contribution is 5.30. The minimum Gasteiger partial charge on any atom is -0.468 e. The molecule has 5 heteroatoms. The van der Waals surface area contributed by atoms with Gasteiger partial charge in [-0.1, -0.05) is 0 Å². The molecule has 14 heavy (non-hydrogen) atoms. The molecule has 0 bridgehead atoms. The molecule has 1 rings (SSSR count). The summed E-state index contributed by atoms with van der Waals surface area (Å²) < 4.78 is 40.0. The monoisotopic (exact) mass is 204 g/mol. The van der Waals surface area contributed by atoms with Crippen LogP contribution in [-0.4, -0.2) is 17.8 Å². The third kappa shape index (κ3) is 2.90. The molecule has 77 valence electrons. The van der Waals surface area contributed by atoms with Gasteiger partial charge in [0.05, 0.1) is 0 Å². The number of nitrogens with zero attached hydrogens (tertiary/aromatic N) is 1. The Labute approximate surface area is 79.7 Å². The van der Waals surface area contributed by atoms with Gasteiger partial charge >= 0.3 is 6.18 Å². The lowest BCUT2D eigenvalue weighted by Crippen LogP contribution is -2.20. The Morgan fingerprint density at radius 1 is 1.43 bits per heavy atom. The van der Waals surface area contributed by atoms with Crippen LogP contribution in [-0.2, 0) is 0 Å². The minimum absolute atomic E-state index is 0.0126. The molecule has 0 saturated heterocycles. The SMILES string of the molecule is Cc1[c]cnc(OCC(F)(F)F)c1C. The third-order valence-corrected chi connectivity index (χ3v) is 1.72. The molecule has 0 aliphatic carbocycles. The van der Waals surface area contributed by atoms with Crippen molar-refractivity contribution in [2.75, 3.05) is 6.61 Å². The summed E-state index contributed by atoms with van der Waals surface area (Å²) in [6.07, 6.45) is -3.03. The van der Waals surface area contributed by atoms with Gasteiger partial charge in [0, 0.05) is 17.8 Å². The zero-order chi connectivity index (χ0) is 10.8. The van der Waals surface area contributed by atoms with Crippen LogP contribution in [0, 0.1) is 19.9 Å². The van der Waals surface area contributed by atoms with E-state index in [0.717, 1.165) is 5.56 Å². The molecule has 0 unspecified atom stereocenters. The number of hydrogen-bond acceptors (Lipinski definition) is 2. The molecule has 1 heterocycles. The predicted molar refractivity (Wildman–Crippen MR) is 44.1 cm³/mol. The number of alkyl halides is 3. The second kappa shape index (κ2) is 3.86. The molecular formula is C9H9F3NO. The molecule has 0 amide bonds. The molecule has 0 saturated carbocycles. The second-order valence-electron chi connectivity index (χ2n) is 2.86. The fourth-order valence-corrected chi connectivity index (χ4v) is 0.849. The van der Waals surface area contributed by atoms with Crippen LogP contribution >= 0.6 is 0 Å². The summed E-state index contributed by atoms with van der Waals surface area (Å²) in [5.74, 6) is 0.0126. The van der Waals surface area contributed by atoms with Crippen molar-refractivity contribution in [1.82, 2.24) is 4.98 Å². The largest absolute Gasteiger partial charge is 0.468 e. The van der Waals surface area contributed by atoms with Crippen LogP contribution in [0.25, 0.3) is 0 Å². The number of halogens is 3. The van der Waals surface area contributed by atoms with Crippen LogP contribution in [0.1, 0.15) is 11.1 Å². The summed E-state index contributed by atoms with van der Waals surface area (Å²) in [4.78, 5) is 3.66. The summed E-state index contributed by atoms with van der Waals surface area (Å²) in [6.45, 7) is 2.06. The van der Waals surface area contributed by atoms with Gasteiger partial charge in [-0.2, -0.15) is 13.2 Å². The van der Waals surface area contributed by atoms with Crippen molar-refractivity contribution >= 4 is 0 Å². The van der Waals surface area contributed by atoms with Gasteiger partial charge in [0.2, 0.25) is 5.88 Å². The van der Waals surface area contributed by atoms with Crippen molar-refractivity contribution < 1.29 is 17.9 Å². The Morgan fingerprint density at radius 2 is 2.07 bits per heavy atom. The Bertz CT molecular complexity index is 322. The highest BCUT2D eigenvalue weighted by Gasteiger charge is 2.28. The molecule has 0 fully saturated rings. The van der Waals surface area contributed by atoms with Gasteiger partial charge in [0.1, 0.15) is 0 Å². The van der Waals surface area contributed by atoms with Gasteiger partial charge in [-0.3, -0.25) is 0 Å². The molecule has 0 atom stereocenters. The van der Waals surface area contributed by atoms with Crippen molar-refractivity contribution in [3.05, 3.63) is 23.4 Å². The van der Waals surface area contributed by atoms with E-state index in [-0.39, 0.29) is 5.88 Å². The first-order valence-corrected chi connectivity index (χ1v) is 3.93. The topological polar surface area (TPSA) is 22.1 Å². The smallest absolute Gasteiger partial charge is 0.422 e. The van der Waals surface area contributed by atoms with E-state index in [1.54, 1.807) is 13.8 Å². The maximum Gasteiger partial charge on any atom is 0.422 e. The van der Waals surface area contributed by atoms with Gasteiger partial charge < -0.3 is 4.74 Å². The number of aromatic nitrogens is 1. The third-order valence-electron chi connectivity index (χ3n) is 1.72. The van der Waals surface area contributed by atoms with Gasteiger partial charge in [0.15, 0.2) is 6.61 Å². The zero-order valence-electron chi connectivity index (χ0n) is 7.77. The molecular weight excluding hydrogens is 195 g/mol. The first kappa shape index (κ1) is 10.8. The first-order valence-electron chi connectivity index (χ1n) is 3.93. The zero-order valence-corrected chi connectivity index (χ0v) is 7.77. The van der Waals surface area contributed by atoms with E-state index in [1.807, 2.05) is 0 Å². The lowest BCUT2D eigenvalue weighted by atomic mass is 10.2. The second-order valence-corrected chi connectivity index (χ2v) is 2.86. The van der Waals surface area contributed by atoms with E-state index in [1.165, 1.54) is 6.20 Å². The number of ether oxygens (including phenoxy) is 1.